The van der Waals surface area contributed by atoms with Gasteiger partial charge in [0.2, 0.25) is 5.91 Å². The molecule has 2 aromatic rings. The Balaban J connectivity index is 1.80. The first-order valence-corrected chi connectivity index (χ1v) is 10.6. The molecule has 146 valence electrons. The molecular formula is C18H14BrFN2O5S. The lowest BCUT2D eigenvalue weighted by Gasteiger charge is -2.36. The van der Waals surface area contributed by atoms with Gasteiger partial charge in [-0.1, -0.05) is 22.4 Å². The Morgan fingerprint density at radius 1 is 1.25 bits per heavy atom. The van der Waals surface area contributed by atoms with E-state index < -0.39 is 32.1 Å². The number of fused-ring (bicyclic) bond motifs is 2. The van der Waals surface area contributed by atoms with E-state index >= 15 is 0 Å². The summed E-state index contributed by atoms with van der Waals surface area (Å²) >= 11 is 3.06. The Morgan fingerprint density at radius 3 is 2.54 bits per heavy atom. The zero-order valence-electron chi connectivity index (χ0n) is 14.3. The Kier molecular flexibility index (Phi) is 4.23. The first-order chi connectivity index (χ1) is 13.1. The van der Waals surface area contributed by atoms with Gasteiger partial charge in [0, 0.05) is 4.47 Å². The van der Waals surface area contributed by atoms with E-state index in [0.717, 1.165) is 24.6 Å². The highest BCUT2D eigenvalue weighted by Crippen LogP contribution is 2.52. The summed E-state index contributed by atoms with van der Waals surface area (Å²) in [5.74, 6) is -2.53. The van der Waals surface area contributed by atoms with Gasteiger partial charge >= 0.3 is 5.97 Å². The van der Waals surface area contributed by atoms with E-state index in [2.05, 4.69) is 26.0 Å². The van der Waals surface area contributed by atoms with Gasteiger partial charge < -0.3 is 10.4 Å². The number of hydrogen-bond acceptors (Lipinski definition) is 4. The van der Waals surface area contributed by atoms with E-state index in [1.807, 2.05) is 0 Å². The standard InChI is InChI=1S/C18H14BrFN2O5S/c19-9-2-3-14(13(20)6-9)28(26,27)22-10-7-11(16(23)24)15-12(8-10)18(4-1-5-18)17(25)21-15/h2-3,6-8,22H,1,4-5H2,(H,21,25)(H,23,24). The fraction of sp³-hybridized carbons (Fsp3) is 0.222. The van der Waals surface area contributed by atoms with E-state index in [-0.39, 0.29) is 22.8 Å². The molecule has 0 bridgehead atoms. The largest absolute Gasteiger partial charge is 0.478 e. The maximum absolute atomic E-state index is 14.1. The molecule has 2 aliphatic rings. The lowest BCUT2D eigenvalue weighted by Crippen LogP contribution is -2.40. The highest BCUT2D eigenvalue weighted by Gasteiger charge is 2.52. The quantitative estimate of drug-likeness (QED) is 0.635. The normalized spacial score (nSPS) is 17.0. The maximum atomic E-state index is 14.1. The summed E-state index contributed by atoms with van der Waals surface area (Å²) in [7, 11) is -4.30. The molecular weight excluding hydrogens is 455 g/mol. The molecule has 1 aliphatic heterocycles. The maximum Gasteiger partial charge on any atom is 0.337 e. The van der Waals surface area contributed by atoms with Gasteiger partial charge in [0.1, 0.15) is 10.7 Å². The zero-order chi connectivity index (χ0) is 20.3. The summed E-state index contributed by atoms with van der Waals surface area (Å²) in [4.78, 5) is 23.5. The van der Waals surface area contributed by atoms with E-state index in [0.29, 0.717) is 22.9 Å². The van der Waals surface area contributed by atoms with Crippen LogP contribution >= 0.6 is 15.9 Å². The van der Waals surface area contributed by atoms with E-state index in [1.54, 1.807) is 0 Å². The molecule has 0 atom stereocenters. The average Bonchev–Trinajstić information content (AvgIpc) is 2.84. The first kappa shape index (κ1) is 18.9. The molecule has 0 aromatic heterocycles. The third-order valence-corrected chi connectivity index (χ3v) is 7.11. The number of carboxylic acid groups (broad SMARTS) is 1. The zero-order valence-corrected chi connectivity index (χ0v) is 16.7. The van der Waals surface area contributed by atoms with Crippen LogP contribution in [0.25, 0.3) is 0 Å². The predicted octanol–water partition coefficient (Wildman–Crippen LogP) is 3.46. The SMILES string of the molecule is O=C(O)c1cc(NS(=O)(=O)c2ccc(Br)cc2F)cc2c1NC(=O)C21CCC1. The van der Waals surface area contributed by atoms with E-state index in [1.165, 1.54) is 12.1 Å². The molecule has 7 nitrogen and oxygen atoms in total. The summed E-state index contributed by atoms with van der Waals surface area (Å²) < 4.78 is 42.0. The molecule has 28 heavy (non-hydrogen) atoms. The van der Waals surface area contributed by atoms with Crippen molar-refractivity contribution in [3.05, 3.63) is 51.7 Å². The lowest BCUT2D eigenvalue weighted by atomic mass is 9.65. The molecule has 1 heterocycles. The van der Waals surface area contributed by atoms with Crippen LogP contribution in [0.2, 0.25) is 0 Å². The highest BCUT2D eigenvalue weighted by atomic mass is 79.9. The van der Waals surface area contributed by atoms with Crippen LogP contribution < -0.4 is 10.0 Å². The van der Waals surface area contributed by atoms with Crippen LogP contribution in [0, 0.1) is 5.82 Å². The van der Waals surface area contributed by atoms with Gasteiger partial charge in [-0.05, 0) is 48.7 Å². The second-order valence-corrected chi connectivity index (χ2v) is 9.39. The van der Waals surface area contributed by atoms with Crippen molar-refractivity contribution in [2.75, 3.05) is 10.0 Å². The van der Waals surface area contributed by atoms with Crippen molar-refractivity contribution in [3.8, 4) is 0 Å². The van der Waals surface area contributed by atoms with Crippen LogP contribution in [0.3, 0.4) is 0 Å². The molecule has 2 aromatic carbocycles. The van der Waals surface area contributed by atoms with Crippen LogP contribution in [0.15, 0.2) is 39.7 Å². The van der Waals surface area contributed by atoms with Crippen molar-refractivity contribution in [2.45, 2.75) is 29.6 Å². The number of nitrogens with one attached hydrogen (secondary N) is 2. The van der Waals surface area contributed by atoms with E-state index in [9.17, 15) is 27.5 Å². The van der Waals surface area contributed by atoms with Gasteiger partial charge in [-0.15, -0.1) is 0 Å². The van der Waals surface area contributed by atoms with Gasteiger partial charge in [-0.25, -0.2) is 17.6 Å². The van der Waals surface area contributed by atoms with Gasteiger partial charge in [-0.3, -0.25) is 9.52 Å². The van der Waals surface area contributed by atoms with Crippen molar-refractivity contribution in [2.24, 2.45) is 0 Å². The summed E-state index contributed by atoms with van der Waals surface area (Å²) in [5, 5.41) is 12.1. The topological polar surface area (TPSA) is 113 Å². The number of hydrogen-bond donors (Lipinski definition) is 3. The number of rotatable bonds is 4. The van der Waals surface area contributed by atoms with Crippen molar-refractivity contribution in [3.63, 3.8) is 0 Å². The number of sulfonamides is 1. The molecule has 0 radical (unpaired) electrons. The highest BCUT2D eigenvalue weighted by molar-refractivity contribution is 9.10. The predicted molar refractivity (Wildman–Crippen MR) is 102 cm³/mol. The lowest BCUT2D eigenvalue weighted by molar-refractivity contribution is -0.123. The third-order valence-electron chi connectivity index (χ3n) is 5.20. The smallest absolute Gasteiger partial charge is 0.337 e. The van der Waals surface area contributed by atoms with Crippen molar-refractivity contribution >= 4 is 49.2 Å². The minimum absolute atomic E-state index is 0.0405. The van der Waals surface area contributed by atoms with Gasteiger partial charge in [-0.2, -0.15) is 0 Å². The molecule has 10 heteroatoms. The summed E-state index contributed by atoms with van der Waals surface area (Å²) in [6.45, 7) is 0. The fourth-order valence-corrected chi connectivity index (χ4v) is 5.10. The second-order valence-electron chi connectivity index (χ2n) is 6.82. The van der Waals surface area contributed by atoms with Gasteiger partial charge in [0.15, 0.2) is 0 Å². The fourth-order valence-electron chi connectivity index (χ4n) is 3.67. The first-order valence-electron chi connectivity index (χ1n) is 8.35. The van der Waals surface area contributed by atoms with Gasteiger partial charge in [0.05, 0.1) is 22.4 Å². The van der Waals surface area contributed by atoms with Crippen LogP contribution in [0.1, 0.15) is 35.2 Å². The number of amides is 1. The van der Waals surface area contributed by atoms with Gasteiger partial charge in [0.25, 0.3) is 10.0 Å². The number of aromatic carboxylic acids is 1. The monoisotopic (exact) mass is 468 g/mol. The summed E-state index contributed by atoms with van der Waals surface area (Å²) in [6, 6.07) is 6.08. The molecule has 1 fully saturated rings. The van der Waals surface area contributed by atoms with Crippen molar-refractivity contribution in [1.82, 2.24) is 0 Å². The Morgan fingerprint density at radius 2 is 1.96 bits per heavy atom. The van der Waals surface area contributed by atoms with Crippen LogP contribution in [-0.4, -0.2) is 25.4 Å². The second kappa shape index (κ2) is 6.28. The Bertz CT molecular complexity index is 1140. The molecule has 1 amide bonds. The summed E-state index contributed by atoms with van der Waals surface area (Å²) in [6.07, 6.45) is 1.93. The van der Waals surface area contributed by atoms with Crippen molar-refractivity contribution < 1.29 is 27.5 Å². The number of benzene rings is 2. The number of carbonyl (C=O) groups excluding carboxylic acids is 1. The Hall–Kier alpha value is -2.46. The number of carbonyl (C=O) groups is 2. The molecule has 0 unspecified atom stereocenters. The third kappa shape index (κ3) is 2.78. The minimum Gasteiger partial charge on any atom is -0.478 e. The number of halogens is 2. The average molecular weight is 469 g/mol. The Labute approximate surface area is 168 Å². The molecule has 4 rings (SSSR count). The molecule has 3 N–H and O–H groups in total. The van der Waals surface area contributed by atoms with E-state index in [4.69, 9.17) is 0 Å². The summed E-state index contributed by atoms with van der Waals surface area (Å²) in [5.41, 5.74) is -0.443. The number of carboxylic acids is 1. The molecule has 0 saturated heterocycles. The molecule has 1 spiro atoms. The number of anilines is 2. The van der Waals surface area contributed by atoms with Crippen LogP contribution in [0.4, 0.5) is 15.8 Å². The van der Waals surface area contributed by atoms with Crippen molar-refractivity contribution in [1.29, 1.82) is 0 Å². The molecule has 1 saturated carbocycles. The van der Waals surface area contributed by atoms with Crippen LogP contribution in [-0.2, 0) is 20.2 Å². The minimum atomic E-state index is -4.30. The molecule has 1 aliphatic carbocycles. The van der Waals surface area contributed by atoms with Crippen LogP contribution in [0.5, 0.6) is 0 Å².